The lowest BCUT2D eigenvalue weighted by Gasteiger charge is -2.19. The molecule has 0 aliphatic rings. The first-order valence-electron chi connectivity index (χ1n) is 8.14. The Morgan fingerprint density at radius 1 is 0.909 bits per heavy atom. The van der Waals surface area contributed by atoms with Crippen molar-refractivity contribution in [3.63, 3.8) is 0 Å². The van der Waals surface area contributed by atoms with Crippen LogP contribution in [0, 0.1) is 0 Å². The molecule has 0 aromatic rings. The van der Waals surface area contributed by atoms with Crippen LogP contribution in [0.3, 0.4) is 0 Å². The molecule has 2 unspecified atom stereocenters. The molecule has 22 heavy (non-hydrogen) atoms. The Morgan fingerprint density at radius 2 is 1.45 bits per heavy atom. The van der Waals surface area contributed by atoms with Crippen molar-refractivity contribution in [1.82, 2.24) is 0 Å². The van der Waals surface area contributed by atoms with Gasteiger partial charge in [0.2, 0.25) is 6.29 Å². The smallest absolute Gasteiger partial charge is 0.308 e. The van der Waals surface area contributed by atoms with Gasteiger partial charge in [-0.2, -0.15) is 0 Å². The first kappa shape index (κ1) is 20.9. The number of carboxylic acids is 1. The number of carboxylic acid groups (broad SMARTS) is 1. The first-order chi connectivity index (χ1) is 10.5. The highest BCUT2D eigenvalue weighted by Gasteiger charge is 2.12. The third kappa shape index (κ3) is 13.8. The van der Waals surface area contributed by atoms with Crippen molar-refractivity contribution in [3.05, 3.63) is 0 Å². The molecule has 2 atom stereocenters. The summed E-state index contributed by atoms with van der Waals surface area (Å²) in [5.74, 6) is -1.00. The SMILES string of the molecule is CCOC(C)OC(C)OC(=O)CCCCCCCCC(=O)O. The van der Waals surface area contributed by atoms with E-state index in [0.717, 1.165) is 38.5 Å². The topological polar surface area (TPSA) is 82.1 Å². The maximum atomic E-state index is 11.6. The lowest BCUT2D eigenvalue weighted by atomic mass is 10.1. The van der Waals surface area contributed by atoms with Crippen LogP contribution in [-0.2, 0) is 23.8 Å². The van der Waals surface area contributed by atoms with Gasteiger partial charge in [0, 0.05) is 19.4 Å². The minimum absolute atomic E-state index is 0.240. The molecule has 0 rings (SSSR count). The van der Waals surface area contributed by atoms with Gasteiger partial charge < -0.3 is 19.3 Å². The summed E-state index contributed by atoms with van der Waals surface area (Å²) in [4.78, 5) is 21.9. The van der Waals surface area contributed by atoms with Crippen molar-refractivity contribution in [3.8, 4) is 0 Å². The molecule has 1 N–H and O–H groups in total. The van der Waals surface area contributed by atoms with Crippen molar-refractivity contribution in [1.29, 1.82) is 0 Å². The van der Waals surface area contributed by atoms with Crippen molar-refractivity contribution in [2.24, 2.45) is 0 Å². The van der Waals surface area contributed by atoms with Crippen LogP contribution in [0.15, 0.2) is 0 Å². The van der Waals surface area contributed by atoms with E-state index in [0.29, 0.717) is 13.0 Å². The summed E-state index contributed by atoms with van der Waals surface area (Å²) in [6.45, 7) is 5.86. The highest BCUT2D eigenvalue weighted by molar-refractivity contribution is 5.69. The predicted octanol–water partition coefficient (Wildman–Crippen LogP) is 3.48. The summed E-state index contributed by atoms with van der Waals surface area (Å²) >= 11 is 0. The van der Waals surface area contributed by atoms with Gasteiger partial charge in [0.05, 0.1) is 0 Å². The van der Waals surface area contributed by atoms with Gasteiger partial charge in [-0.15, -0.1) is 0 Å². The molecule has 6 heteroatoms. The Kier molecular flexibility index (Phi) is 12.8. The molecule has 0 fully saturated rings. The molecule has 0 saturated heterocycles. The Labute approximate surface area is 133 Å². The number of unbranched alkanes of at least 4 members (excludes halogenated alkanes) is 5. The minimum atomic E-state index is -0.738. The lowest BCUT2D eigenvalue weighted by molar-refractivity contribution is -0.228. The highest BCUT2D eigenvalue weighted by atomic mass is 16.8. The number of hydrogen-bond acceptors (Lipinski definition) is 5. The first-order valence-corrected chi connectivity index (χ1v) is 8.14. The molecule has 0 amide bonds. The van der Waals surface area contributed by atoms with Crippen molar-refractivity contribution < 1.29 is 28.9 Å². The van der Waals surface area contributed by atoms with E-state index >= 15 is 0 Å². The summed E-state index contributed by atoms with van der Waals surface area (Å²) in [5, 5.41) is 8.50. The van der Waals surface area contributed by atoms with Crippen molar-refractivity contribution >= 4 is 11.9 Å². The highest BCUT2D eigenvalue weighted by Crippen LogP contribution is 2.10. The summed E-state index contributed by atoms with van der Waals surface area (Å²) in [7, 11) is 0. The van der Waals surface area contributed by atoms with Gasteiger partial charge in [-0.25, -0.2) is 0 Å². The molecule has 0 saturated carbocycles. The fourth-order valence-corrected chi connectivity index (χ4v) is 2.07. The van der Waals surface area contributed by atoms with Crippen LogP contribution in [-0.4, -0.2) is 36.2 Å². The second kappa shape index (κ2) is 13.5. The number of hydrogen-bond donors (Lipinski definition) is 1. The minimum Gasteiger partial charge on any atom is -0.481 e. The molecule has 6 nitrogen and oxygen atoms in total. The number of ether oxygens (including phenoxy) is 3. The van der Waals surface area contributed by atoms with Gasteiger partial charge in [0.15, 0.2) is 6.29 Å². The predicted molar refractivity (Wildman–Crippen MR) is 82.3 cm³/mol. The number of rotatable bonds is 14. The maximum Gasteiger partial charge on any atom is 0.308 e. The van der Waals surface area contributed by atoms with E-state index in [1.165, 1.54) is 0 Å². The number of carbonyl (C=O) groups excluding carboxylic acids is 1. The van der Waals surface area contributed by atoms with E-state index in [1.807, 2.05) is 6.92 Å². The third-order valence-electron chi connectivity index (χ3n) is 3.10. The molecule has 0 heterocycles. The lowest BCUT2D eigenvalue weighted by Crippen LogP contribution is -2.24. The fraction of sp³-hybridized carbons (Fsp3) is 0.875. The van der Waals surface area contributed by atoms with Gasteiger partial charge in [-0.1, -0.05) is 25.7 Å². The zero-order chi connectivity index (χ0) is 16.8. The molecule has 0 aliphatic carbocycles. The number of esters is 1. The van der Waals surface area contributed by atoms with Crippen LogP contribution in [0.2, 0.25) is 0 Å². The second-order valence-electron chi connectivity index (χ2n) is 5.23. The summed E-state index contributed by atoms with van der Waals surface area (Å²) in [6.07, 6.45) is 5.03. The Balaban J connectivity index is 3.47. The van der Waals surface area contributed by atoms with Crippen molar-refractivity contribution in [2.45, 2.75) is 84.7 Å². The quantitative estimate of drug-likeness (QED) is 0.300. The summed E-state index contributed by atoms with van der Waals surface area (Å²) < 4.78 is 15.7. The average molecular weight is 318 g/mol. The van der Waals surface area contributed by atoms with E-state index in [-0.39, 0.29) is 12.4 Å². The summed E-state index contributed by atoms with van der Waals surface area (Å²) in [6, 6.07) is 0. The van der Waals surface area contributed by atoms with E-state index in [1.54, 1.807) is 13.8 Å². The zero-order valence-corrected chi connectivity index (χ0v) is 14.0. The van der Waals surface area contributed by atoms with Gasteiger partial charge in [-0.3, -0.25) is 9.59 Å². The maximum absolute atomic E-state index is 11.6. The van der Waals surface area contributed by atoms with Gasteiger partial charge in [-0.05, 0) is 33.6 Å². The molecule has 0 radical (unpaired) electrons. The van der Waals surface area contributed by atoms with E-state index < -0.39 is 18.5 Å². The molecule has 0 aromatic carbocycles. The van der Waals surface area contributed by atoms with E-state index in [4.69, 9.17) is 19.3 Å². The monoisotopic (exact) mass is 318 g/mol. The fourth-order valence-electron chi connectivity index (χ4n) is 2.07. The molecule has 0 spiro atoms. The van der Waals surface area contributed by atoms with Crippen LogP contribution < -0.4 is 0 Å². The van der Waals surface area contributed by atoms with E-state index in [2.05, 4.69) is 0 Å². The van der Waals surface area contributed by atoms with Crippen LogP contribution in [0.25, 0.3) is 0 Å². The Bertz CT molecular complexity index is 305. The number of carbonyl (C=O) groups is 2. The average Bonchev–Trinajstić information content (AvgIpc) is 2.41. The van der Waals surface area contributed by atoms with Crippen LogP contribution in [0.4, 0.5) is 0 Å². The molecular formula is C16H30O6. The van der Waals surface area contributed by atoms with Gasteiger partial charge in [0.1, 0.15) is 0 Å². The number of aliphatic carboxylic acids is 1. The van der Waals surface area contributed by atoms with Crippen molar-refractivity contribution in [2.75, 3.05) is 6.61 Å². The third-order valence-corrected chi connectivity index (χ3v) is 3.10. The molecule has 0 bridgehead atoms. The summed E-state index contributed by atoms with van der Waals surface area (Å²) in [5.41, 5.74) is 0. The second-order valence-corrected chi connectivity index (χ2v) is 5.23. The van der Waals surface area contributed by atoms with Gasteiger partial charge >= 0.3 is 11.9 Å². The Hall–Kier alpha value is -1.14. The standard InChI is InChI=1S/C16H30O6/c1-4-20-13(2)21-14(3)22-16(19)12-10-8-6-5-7-9-11-15(17)18/h13-14H,4-12H2,1-3H3,(H,17,18). The zero-order valence-electron chi connectivity index (χ0n) is 14.0. The molecule has 0 aromatic heterocycles. The largest absolute Gasteiger partial charge is 0.481 e. The van der Waals surface area contributed by atoms with Crippen LogP contribution in [0.1, 0.15) is 72.1 Å². The van der Waals surface area contributed by atoms with E-state index in [9.17, 15) is 9.59 Å². The Morgan fingerprint density at radius 3 is 2.00 bits per heavy atom. The normalized spacial score (nSPS) is 13.6. The van der Waals surface area contributed by atoms with Gasteiger partial charge in [0.25, 0.3) is 0 Å². The van der Waals surface area contributed by atoms with Crippen LogP contribution >= 0.6 is 0 Å². The molecule has 0 aliphatic heterocycles. The van der Waals surface area contributed by atoms with Crippen LogP contribution in [0.5, 0.6) is 0 Å². The molecule has 130 valence electrons. The molecular weight excluding hydrogens is 288 g/mol.